The number of piperazine rings is 1. The zero-order valence-electron chi connectivity index (χ0n) is 16.6. The first-order valence-electron chi connectivity index (χ1n) is 10.1. The van der Waals surface area contributed by atoms with Crippen LogP contribution >= 0.6 is 0 Å². The van der Waals surface area contributed by atoms with E-state index in [4.69, 9.17) is 4.42 Å². The molecule has 28 heavy (non-hydrogen) atoms. The molecule has 1 fully saturated rings. The molecule has 0 unspecified atom stereocenters. The average Bonchev–Trinajstić information content (AvgIpc) is 3.08. The monoisotopic (exact) mass is 377 g/mol. The predicted octanol–water partition coefficient (Wildman–Crippen LogP) is 3.70. The first-order chi connectivity index (χ1) is 13.7. The van der Waals surface area contributed by atoms with Crippen molar-refractivity contribution in [2.75, 3.05) is 32.7 Å². The average molecular weight is 377 g/mol. The highest BCUT2D eigenvalue weighted by Crippen LogP contribution is 2.27. The smallest absolute Gasteiger partial charge is 0.289 e. The Kier molecular flexibility index (Phi) is 5.44. The summed E-state index contributed by atoms with van der Waals surface area (Å²) in [5, 5.41) is 1.05. The van der Waals surface area contributed by atoms with Crippen LogP contribution in [0.5, 0.6) is 0 Å². The van der Waals surface area contributed by atoms with E-state index in [2.05, 4.69) is 35.0 Å². The highest BCUT2D eigenvalue weighted by molar-refractivity contribution is 5.99. The molecule has 1 amide bonds. The van der Waals surface area contributed by atoms with Crippen LogP contribution < -0.4 is 0 Å². The third-order valence-corrected chi connectivity index (χ3v) is 5.67. The number of rotatable bonds is 5. The number of fused-ring (bicyclic) bond motifs is 1. The molecule has 0 N–H and O–H groups in total. The Morgan fingerprint density at radius 1 is 1.14 bits per heavy atom. The number of nitrogens with zero attached hydrogens (tertiary/aromatic N) is 3. The van der Waals surface area contributed by atoms with Crippen LogP contribution in [0.15, 0.2) is 47.0 Å². The molecule has 146 valence electrons. The van der Waals surface area contributed by atoms with E-state index in [1.807, 2.05) is 36.2 Å². The third-order valence-electron chi connectivity index (χ3n) is 5.67. The van der Waals surface area contributed by atoms with Crippen LogP contribution in [0.3, 0.4) is 0 Å². The minimum Gasteiger partial charge on any atom is -0.451 e. The lowest BCUT2D eigenvalue weighted by Gasteiger charge is -2.34. The molecule has 2 aromatic heterocycles. The van der Waals surface area contributed by atoms with E-state index >= 15 is 0 Å². The summed E-state index contributed by atoms with van der Waals surface area (Å²) < 4.78 is 5.93. The van der Waals surface area contributed by atoms with Crippen LogP contribution in [-0.2, 0) is 12.8 Å². The van der Waals surface area contributed by atoms with Crippen molar-refractivity contribution in [2.24, 2.45) is 0 Å². The molecule has 3 aromatic rings. The second kappa shape index (κ2) is 8.15. The van der Waals surface area contributed by atoms with Gasteiger partial charge in [0.05, 0.1) is 0 Å². The minimum absolute atomic E-state index is 0.0103. The van der Waals surface area contributed by atoms with Crippen LogP contribution in [0.25, 0.3) is 11.0 Å². The maximum atomic E-state index is 13.0. The summed E-state index contributed by atoms with van der Waals surface area (Å²) in [5.41, 5.74) is 4.13. The number of carbonyl (C=O) groups excluding carboxylic acids is 1. The molecule has 0 bridgehead atoms. The topological polar surface area (TPSA) is 49.6 Å². The lowest BCUT2D eigenvalue weighted by molar-refractivity contribution is 0.0608. The highest BCUT2D eigenvalue weighted by atomic mass is 16.3. The maximum Gasteiger partial charge on any atom is 0.289 e. The zero-order valence-corrected chi connectivity index (χ0v) is 16.6. The molecule has 5 nitrogen and oxygen atoms in total. The molecule has 0 saturated carbocycles. The molecule has 1 aromatic carbocycles. The van der Waals surface area contributed by atoms with Crippen molar-refractivity contribution in [3.8, 4) is 0 Å². The van der Waals surface area contributed by atoms with Gasteiger partial charge >= 0.3 is 0 Å². The Balaban J connectivity index is 1.39. The van der Waals surface area contributed by atoms with E-state index in [9.17, 15) is 4.79 Å². The van der Waals surface area contributed by atoms with E-state index in [0.29, 0.717) is 5.76 Å². The van der Waals surface area contributed by atoms with Gasteiger partial charge in [0.1, 0.15) is 5.58 Å². The quantitative estimate of drug-likeness (QED) is 0.680. The van der Waals surface area contributed by atoms with Crippen LogP contribution in [0.2, 0.25) is 0 Å². The number of aryl methyl sites for hydroxylation is 2. The van der Waals surface area contributed by atoms with Crippen LogP contribution in [-0.4, -0.2) is 53.4 Å². The van der Waals surface area contributed by atoms with E-state index in [-0.39, 0.29) is 5.91 Å². The summed E-state index contributed by atoms with van der Waals surface area (Å²) in [4.78, 5) is 21.7. The standard InChI is InChI=1S/C23H27N3O2/c1-3-18-7-8-21-20(16-18)17(2)22(28-21)23(27)26-14-12-25(13-15-26)11-9-19-6-4-5-10-24-19/h4-8,10,16H,3,9,11-15H2,1-2H3. The summed E-state index contributed by atoms with van der Waals surface area (Å²) >= 11 is 0. The number of furan rings is 1. The molecule has 3 heterocycles. The minimum atomic E-state index is 0.0103. The second-order valence-electron chi connectivity index (χ2n) is 7.45. The Morgan fingerprint density at radius 3 is 2.68 bits per heavy atom. The van der Waals surface area contributed by atoms with Gasteiger partial charge in [-0.1, -0.05) is 19.1 Å². The van der Waals surface area contributed by atoms with Gasteiger partial charge in [0.25, 0.3) is 5.91 Å². The largest absolute Gasteiger partial charge is 0.451 e. The number of hydrogen-bond donors (Lipinski definition) is 0. The third kappa shape index (κ3) is 3.80. The van der Waals surface area contributed by atoms with Crippen molar-refractivity contribution >= 4 is 16.9 Å². The highest BCUT2D eigenvalue weighted by Gasteiger charge is 2.26. The molecule has 0 spiro atoms. The van der Waals surface area contributed by atoms with Gasteiger partial charge in [-0.15, -0.1) is 0 Å². The molecule has 5 heteroatoms. The van der Waals surface area contributed by atoms with Crippen molar-refractivity contribution in [2.45, 2.75) is 26.7 Å². The van der Waals surface area contributed by atoms with Gasteiger partial charge in [-0.3, -0.25) is 14.7 Å². The number of hydrogen-bond acceptors (Lipinski definition) is 4. The zero-order chi connectivity index (χ0) is 19.5. The Morgan fingerprint density at radius 2 is 1.96 bits per heavy atom. The van der Waals surface area contributed by atoms with Gasteiger partial charge in [0.15, 0.2) is 5.76 Å². The van der Waals surface area contributed by atoms with Crippen molar-refractivity contribution in [3.63, 3.8) is 0 Å². The molecule has 0 aliphatic carbocycles. The lowest BCUT2D eigenvalue weighted by Crippen LogP contribution is -2.49. The maximum absolute atomic E-state index is 13.0. The van der Waals surface area contributed by atoms with Crippen LogP contribution in [0, 0.1) is 6.92 Å². The first kappa shape index (κ1) is 18.7. The number of amides is 1. The molecule has 4 rings (SSSR count). The predicted molar refractivity (Wildman–Crippen MR) is 111 cm³/mol. The van der Waals surface area contributed by atoms with Gasteiger partial charge in [-0.2, -0.15) is 0 Å². The van der Waals surface area contributed by atoms with E-state index in [1.165, 1.54) is 5.56 Å². The Bertz CT molecular complexity index is 957. The van der Waals surface area contributed by atoms with Gasteiger partial charge in [0.2, 0.25) is 0 Å². The van der Waals surface area contributed by atoms with Crippen molar-refractivity contribution in [1.82, 2.24) is 14.8 Å². The SMILES string of the molecule is CCc1ccc2oc(C(=O)N3CCN(CCc4ccccn4)CC3)c(C)c2c1. The summed E-state index contributed by atoms with van der Waals surface area (Å²) in [6.45, 7) is 8.34. The van der Waals surface area contributed by atoms with Crippen molar-refractivity contribution in [1.29, 1.82) is 0 Å². The lowest BCUT2D eigenvalue weighted by atomic mass is 10.1. The fourth-order valence-electron chi connectivity index (χ4n) is 3.83. The summed E-state index contributed by atoms with van der Waals surface area (Å²) in [6, 6.07) is 12.2. The van der Waals surface area contributed by atoms with Crippen molar-refractivity contribution in [3.05, 3.63) is 65.2 Å². The fourth-order valence-corrected chi connectivity index (χ4v) is 3.83. The van der Waals surface area contributed by atoms with Gasteiger partial charge in [0, 0.05) is 62.0 Å². The second-order valence-corrected chi connectivity index (χ2v) is 7.45. The molecule has 1 aliphatic rings. The summed E-state index contributed by atoms with van der Waals surface area (Å²) in [6.07, 6.45) is 3.76. The van der Waals surface area contributed by atoms with Crippen LogP contribution in [0.4, 0.5) is 0 Å². The van der Waals surface area contributed by atoms with Crippen molar-refractivity contribution < 1.29 is 9.21 Å². The number of aromatic nitrogens is 1. The van der Waals surface area contributed by atoms with E-state index in [0.717, 1.165) is 67.8 Å². The van der Waals surface area contributed by atoms with Gasteiger partial charge in [-0.05, 0) is 43.2 Å². The summed E-state index contributed by atoms with van der Waals surface area (Å²) in [5.74, 6) is 0.501. The van der Waals surface area contributed by atoms with Gasteiger partial charge < -0.3 is 9.32 Å². The van der Waals surface area contributed by atoms with E-state index < -0.39 is 0 Å². The molecular weight excluding hydrogens is 350 g/mol. The Hall–Kier alpha value is -2.66. The molecule has 0 radical (unpaired) electrons. The van der Waals surface area contributed by atoms with Gasteiger partial charge in [-0.25, -0.2) is 0 Å². The fraction of sp³-hybridized carbons (Fsp3) is 0.391. The number of carbonyl (C=O) groups is 1. The molecular formula is C23H27N3O2. The normalized spacial score (nSPS) is 15.3. The number of pyridine rings is 1. The van der Waals surface area contributed by atoms with Crippen LogP contribution in [0.1, 0.15) is 34.3 Å². The molecule has 0 atom stereocenters. The molecule has 1 aliphatic heterocycles. The number of benzene rings is 1. The Labute approximate surface area is 166 Å². The first-order valence-corrected chi connectivity index (χ1v) is 10.1. The summed E-state index contributed by atoms with van der Waals surface area (Å²) in [7, 11) is 0. The van der Waals surface area contributed by atoms with E-state index in [1.54, 1.807) is 0 Å². The molecule has 1 saturated heterocycles.